The van der Waals surface area contributed by atoms with Gasteiger partial charge >= 0.3 is 6.03 Å². The lowest BCUT2D eigenvalue weighted by Crippen LogP contribution is -2.44. The quantitative estimate of drug-likeness (QED) is 0.854. The van der Waals surface area contributed by atoms with E-state index in [2.05, 4.69) is 10.6 Å². The molecule has 1 saturated heterocycles. The molecular weight excluding hydrogens is 323 g/mol. The van der Waals surface area contributed by atoms with Crippen molar-refractivity contribution in [3.05, 3.63) is 29.6 Å². The lowest BCUT2D eigenvalue weighted by molar-refractivity contribution is 0.233. The molecule has 3 rings (SSSR count). The molecule has 0 radical (unpaired) electrons. The number of carbonyl (C=O) groups is 1. The summed E-state index contributed by atoms with van der Waals surface area (Å²) in [6.45, 7) is 0.513. The number of benzene rings is 1. The summed E-state index contributed by atoms with van der Waals surface area (Å²) in [5, 5.41) is 5.49. The fraction of sp³-hybridized carbons (Fsp3) is 0.533. The highest BCUT2D eigenvalue weighted by molar-refractivity contribution is 7.91. The maximum atomic E-state index is 13.5. The Balaban J connectivity index is 1.68. The Kier molecular flexibility index (Phi) is 4.43. The fourth-order valence-electron chi connectivity index (χ4n) is 2.99. The molecule has 2 amide bonds. The van der Waals surface area contributed by atoms with Crippen molar-refractivity contribution in [2.24, 2.45) is 0 Å². The molecule has 0 saturated carbocycles. The number of sulfone groups is 1. The van der Waals surface area contributed by atoms with Crippen LogP contribution in [0.25, 0.3) is 0 Å². The second kappa shape index (κ2) is 6.35. The van der Waals surface area contributed by atoms with Gasteiger partial charge < -0.3 is 15.4 Å². The molecule has 6 nitrogen and oxygen atoms in total. The number of rotatable bonds is 2. The van der Waals surface area contributed by atoms with E-state index in [1.807, 2.05) is 0 Å². The molecule has 1 aromatic carbocycles. The lowest BCUT2D eigenvalue weighted by atomic mass is 10.0. The Labute approximate surface area is 134 Å². The van der Waals surface area contributed by atoms with Gasteiger partial charge in [-0.15, -0.1) is 0 Å². The van der Waals surface area contributed by atoms with Crippen molar-refractivity contribution in [2.45, 2.75) is 31.3 Å². The van der Waals surface area contributed by atoms with Crippen LogP contribution >= 0.6 is 0 Å². The maximum Gasteiger partial charge on any atom is 0.315 e. The third-order valence-electron chi connectivity index (χ3n) is 4.11. The van der Waals surface area contributed by atoms with Crippen molar-refractivity contribution in [1.82, 2.24) is 10.6 Å². The molecule has 1 fully saturated rings. The smallest absolute Gasteiger partial charge is 0.315 e. The topological polar surface area (TPSA) is 84.5 Å². The van der Waals surface area contributed by atoms with E-state index in [9.17, 15) is 17.6 Å². The Morgan fingerprint density at radius 1 is 1.26 bits per heavy atom. The van der Waals surface area contributed by atoms with Crippen LogP contribution in [0.15, 0.2) is 18.2 Å². The van der Waals surface area contributed by atoms with Gasteiger partial charge in [-0.1, -0.05) is 0 Å². The Hall–Kier alpha value is -1.83. The highest BCUT2D eigenvalue weighted by Gasteiger charge is 2.30. The van der Waals surface area contributed by atoms with Crippen LogP contribution in [-0.4, -0.2) is 38.6 Å². The van der Waals surface area contributed by atoms with E-state index < -0.39 is 15.9 Å². The minimum atomic E-state index is -3.05. The van der Waals surface area contributed by atoms with Gasteiger partial charge in [-0.05, 0) is 37.5 Å². The second-order valence-electron chi connectivity index (χ2n) is 5.94. The number of halogens is 1. The molecular formula is C15H19FN2O4S. The highest BCUT2D eigenvalue weighted by atomic mass is 32.2. The number of nitrogens with one attached hydrogen (secondary N) is 2. The molecule has 126 valence electrons. The van der Waals surface area contributed by atoms with Crippen molar-refractivity contribution in [1.29, 1.82) is 0 Å². The van der Waals surface area contributed by atoms with Crippen molar-refractivity contribution in [3.8, 4) is 5.75 Å². The number of amides is 2. The van der Waals surface area contributed by atoms with Crippen LogP contribution in [-0.2, 0) is 9.84 Å². The van der Waals surface area contributed by atoms with E-state index in [0.717, 1.165) is 6.42 Å². The summed E-state index contributed by atoms with van der Waals surface area (Å²) < 4.78 is 41.9. The zero-order chi connectivity index (χ0) is 16.4. The molecule has 0 aliphatic carbocycles. The zero-order valence-corrected chi connectivity index (χ0v) is 13.4. The summed E-state index contributed by atoms with van der Waals surface area (Å²) >= 11 is 0. The Morgan fingerprint density at radius 3 is 2.83 bits per heavy atom. The van der Waals surface area contributed by atoms with Gasteiger partial charge in [-0.3, -0.25) is 0 Å². The zero-order valence-electron chi connectivity index (χ0n) is 12.5. The predicted octanol–water partition coefficient (Wildman–Crippen LogP) is 1.53. The highest BCUT2D eigenvalue weighted by Crippen LogP contribution is 2.32. The normalized spacial score (nSPS) is 25.8. The first kappa shape index (κ1) is 16.0. The van der Waals surface area contributed by atoms with Gasteiger partial charge in [0.1, 0.15) is 11.6 Å². The van der Waals surface area contributed by atoms with Gasteiger partial charge in [-0.2, -0.15) is 0 Å². The Morgan fingerprint density at radius 2 is 2.09 bits per heavy atom. The molecule has 8 heteroatoms. The molecule has 2 N–H and O–H groups in total. The molecule has 0 unspecified atom stereocenters. The lowest BCUT2D eigenvalue weighted by Gasteiger charge is -2.20. The van der Waals surface area contributed by atoms with Gasteiger partial charge in [-0.25, -0.2) is 17.6 Å². The summed E-state index contributed by atoms with van der Waals surface area (Å²) in [4.78, 5) is 12.1. The van der Waals surface area contributed by atoms with E-state index in [1.165, 1.54) is 12.1 Å². The van der Waals surface area contributed by atoms with Gasteiger partial charge in [0, 0.05) is 11.6 Å². The average Bonchev–Trinajstić information content (AvgIpc) is 2.70. The number of hydrogen-bond acceptors (Lipinski definition) is 4. The van der Waals surface area contributed by atoms with Gasteiger partial charge in [0.25, 0.3) is 0 Å². The molecule has 23 heavy (non-hydrogen) atoms. The fourth-order valence-corrected chi connectivity index (χ4v) is 4.67. The van der Waals surface area contributed by atoms with Crippen LogP contribution in [0.4, 0.5) is 9.18 Å². The first-order valence-corrected chi connectivity index (χ1v) is 9.45. The molecule has 0 bridgehead atoms. The average molecular weight is 342 g/mol. The molecule has 0 aromatic heterocycles. The van der Waals surface area contributed by atoms with Crippen LogP contribution < -0.4 is 15.4 Å². The van der Waals surface area contributed by atoms with Crippen LogP contribution in [0.1, 0.15) is 30.9 Å². The van der Waals surface area contributed by atoms with Gasteiger partial charge in [0.05, 0.1) is 24.2 Å². The molecule has 2 aliphatic rings. The first-order chi connectivity index (χ1) is 10.9. The number of fused-ring (bicyclic) bond motifs is 1. The van der Waals surface area contributed by atoms with Gasteiger partial charge in [0.15, 0.2) is 9.84 Å². The molecule has 2 atom stereocenters. The minimum Gasteiger partial charge on any atom is -0.493 e. The van der Waals surface area contributed by atoms with Crippen molar-refractivity contribution in [2.75, 3.05) is 18.1 Å². The number of ether oxygens (including phenoxy) is 1. The Bertz CT molecular complexity index is 707. The second-order valence-corrected chi connectivity index (χ2v) is 8.17. The van der Waals surface area contributed by atoms with Crippen LogP contribution in [0, 0.1) is 5.82 Å². The standard InChI is InChI=1S/C15H19FN2O4S/c16-10-3-4-14-12(8-10)13(2-1-6-22-14)18-15(19)17-11-5-7-23(20,21)9-11/h3-4,8,11,13H,1-2,5-7,9H2,(H2,17,18,19)/t11-,13-/m0/s1. The molecule has 0 spiro atoms. The predicted molar refractivity (Wildman–Crippen MR) is 82.6 cm³/mol. The van der Waals surface area contributed by atoms with E-state index in [0.29, 0.717) is 30.8 Å². The first-order valence-electron chi connectivity index (χ1n) is 7.63. The summed E-state index contributed by atoms with van der Waals surface area (Å²) in [5.41, 5.74) is 0.608. The minimum absolute atomic E-state index is 0.0284. The monoisotopic (exact) mass is 342 g/mol. The van der Waals surface area contributed by atoms with Crippen molar-refractivity contribution >= 4 is 15.9 Å². The molecule has 1 aromatic rings. The summed E-state index contributed by atoms with van der Waals surface area (Å²) in [6.07, 6.45) is 1.79. The summed E-state index contributed by atoms with van der Waals surface area (Å²) in [5.74, 6) is 0.254. The number of urea groups is 1. The van der Waals surface area contributed by atoms with E-state index in [1.54, 1.807) is 6.07 Å². The number of hydrogen-bond donors (Lipinski definition) is 2. The molecule has 2 aliphatic heterocycles. The SMILES string of the molecule is O=C(N[C@H]1CCS(=O)(=O)C1)N[C@H]1CCCOc2ccc(F)cc21. The maximum absolute atomic E-state index is 13.5. The van der Waals surface area contributed by atoms with E-state index >= 15 is 0 Å². The van der Waals surface area contributed by atoms with Crippen LogP contribution in [0.2, 0.25) is 0 Å². The number of carbonyl (C=O) groups excluding carboxylic acids is 1. The van der Waals surface area contributed by atoms with Crippen molar-refractivity contribution < 1.29 is 22.3 Å². The molecule has 2 heterocycles. The third-order valence-corrected chi connectivity index (χ3v) is 5.88. The van der Waals surface area contributed by atoms with Crippen LogP contribution in [0.3, 0.4) is 0 Å². The van der Waals surface area contributed by atoms with E-state index in [-0.39, 0.29) is 29.4 Å². The summed E-state index contributed by atoms with van der Waals surface area (Å²) in [6, 6.07) is 3.09. The van der Waals surface area contributed by atoms with Gasteiger partial charge in [0.2, 0.25) is 0 Å². The summed E-state index contributed by atoms with van der Waals surface area (Å²) in [7, 11) is -3.05. The third kappa shape index (κ3) is 3.93. The van der Waals surface area contributed by atoms with E-state index in [4.69, 9.17) is 4.74 Å². The van der Waals surface area contributed by atoms with Crippen molar-refractivity contribution in [3.63, 3.8) is 0 Å². The van der Waals surface area contributed by atoms with Crippen LogP contribution in [0.5, 0.6) is 5.75 Å². The largest absolute Gasteiger partial charge is 0.493 e.